The molecule has 2 rings (SSSR count). The largest absolute Gasteiger partial charge is 0.293 e. The van der Waals surface area contributed by atoms with Gasteiger partial charge in [-0.05, 0) is 18.4 Å². The van der Waals surface area contributed by atoms with E-state index in [-0.39, 0.29) is 5.78 Å². The highest BCUT2D eigenvalue weighted by Gasteiger charge is 2.07. The fraction of sp³-hybridized carbons (Fsp3) is 0.286. The third-order valence-corrected chi connectivity index (χ3v) is 2.20. The van der Waals surface area contributed by atoms with Crippen LogP contribution in [0.25, 0.3) is 10.8 Å². The Morgan fingerprint density at radius 3 is 2.44 bits per heavy atom. The molecule has 1 aromatic heterocycles. The van der Waals surface area contributed by atoms with Crippen molar-refractivity contribution < 1.29 is 4.79 Å². The Morgan fingerprint density at radius 2 is 1.81 bits per heavy atom. The Bertz CT molecular complexity index is 503. The summed E-state index contributed by atoms with van der Waals surface area (Å²) < 4.78 is 0. The summed E-state index contributed by atoms with van der Waals surface area (Å²) in [6.45, 7) is 7.45. The highest BCUT2D eigenvalue weighted by molar-refractivity contribution is 6.05. The lowest BCUT2D eigenvalue weighted by atomic mass is 10.1. The summed E-state index contributed by atoms with van der Waals surface area (Å²) in [7, 11) is 0. The predicted molar refractivity (Wildman–Crippen MR) is 67.8 cm³/mol. The topological polar surface area (TPSA) is 30.0 Å². The van der Waals surface area contributed by atoms with E-state index in [1.807, 2.05) is 51.1 Å². The van der Waals surface area contributed by atoms with Crippen molar-refractivity contribution in [2.24, 2.45) is 0 Å². The van der Waals surface area contributed by atoms with E-state index in [2.05, 4.69) is 4.98 Å². The van der Waals surface area contributed by atoms with Crippen LogP contribution in [0.5, 0.6) is 0 Å². The van der Waals surface area contributed by atoms with Crippen molar-refractivity contribution in [3.05, 3.63) is 41.7 Å². The molecule has 1 aromatic carbocycles. The number of rotatable bonds is 1. The molecule has 0 bridgehead atoms. The summed E-state index contributed by atoms with van der Waals surface area (Å²) in [5.41, 5.74) is 1.45. The molecule has 0 amide bonds. The predicted octanol–water partition coefficient (Wildman–Crippen LogP) is 3.77. The van der Waals surface area contributed by atoms with E-state index >= 15 is 0 Å². The maximum absolute atomic E-state index is 11.3. The third-order valence-electron chi connectivity index (χ3n) is 2.20. The van der Waals surface area contributed by atoms with E-state index in [9.17, 15) is 4.79 Å². The van der Waals surface area contributed by atoms with Crippen molar-refractivity contribution in [1.82, 2.24) is 4.98 Å². The quantitative estimate of drug-likeness (QED) is 0.678. The SMILES string of the molecule is CC.CC(=O)c1nc(C)cc2ccccc12. The second-order valence-electron chi connectivity index (χ2n) is 3.39. The van der Waals surface area contributed by atoms with Gasteiger partial charge in [-0.15, -0.1) is 0 Å². The third kappa shape index (κ3) is 2.45. The molecule has 0 saturated carbocycles. The van der Waals surface area contributed by atoms with E-state index in [1.165, 1.54) is 0 Å². The van der Waals surface area contributed by atoms with Crippen LogP contribution in [0, 0.1) is 6.92 Å². The van der Waals surface area contributed by atoms with E-state index in [0.717, 1.165) is 16.5 Å². The Kier molecular flexibility index (Phi) is 4.18. The second-order valence-corrected chi connectivity index (χ2v) is 3.39. The van der Waals surface area contributed by atoms with Crippen molar-refractivity contribution in [3.63, 3.8) is 0 Å². The molecule has 0 atom stereocenters. The smallest absolute Gasteiger partial charge is 0.178 e. The van der Waals surface area contributed by atoms with Gasteiger partial charge in [0.1, 0.15) is 5.69 Å². The molecule has 0 saturated heterocycles. The van der Waals surface area contributed by atoms with Gasteiger partial charge in [-0.2, -0.15) is 0 Å². The zero-order valence-electron chi connectivity index (χ0n) is 10.2. The number of benzene rings is 1. The summed E-state index contributed by atoms with van der Waals surface area (Å²) in [5.74, 6) is 0.0184. The highest BCUT2D eigenvalue weighted by Crippen LogP contribution is 2.18. The van der Waals surface area contributed by atoms with Crippen LogP contribution < -0.4 is 0 Å². The van der Waals surface area contributed by atoms with Gasteiger partial charge in [-0.1, -0.05) is 38.1 Å². The first-order valence-corrected chi connectivity index (χ1v) is 5.56. The van der Waals surface area contributed by atoms with Crippen LogP contribution in [0.1, 0.15) is 37.0 Å². The van der Waals surface area contributed by atoms with Crippen molar-refractivity contribution in [2.75, 3.05) is 0 Å². The second kappa shape index (κ2) is 5.40. The Hall–Kier alpha value is -1.70. The first-order valence-electron chi connectivity index (χ1n) is 5.56. The molecule has 84 valence electrons. The van der Waals surface area contributed by atoms with Gasteiger partial charge in [0.05, 0.1) is 0 Å². The Morgan fingerprint density at radius 1 is 1.19 bits per heavy atom. The van der Waals surface area contributed by atoms with Gasteiger partial charge in [0.25, 0.3) is 0 Å². The summed E-state index contributed by atoms with van der Waals surface area (Å²) >= 11 is 0. The zero-order chi connectivity index (χ0) is 12.1. The maximum atomic E-state index is 11.3. The van der Waals surface area contributed by atoms with Crippen LogP contribution >= 0.6 is 0 Å². The summed E-state index contributed by atoms with van der Waals surface area (Å²) in [6.07, 6.45) is 0. The van der Waals surface area contributed by atoms with Gasteiger partial charge in [0.2, 0.25) is 0 Å². The fourth-order valence-electron chi connectivity index (χ4n) is 1.60. The van der Waals surface area contributed by atoms with Gasteiger partial charge < -0.3 is 0 Å². The van der Waals surface area contributed by atoms with Crippen molar-refractivity contribution >= 4 is 16.6 Å². The molecule has 2 aromatic rings. The number of fused-ring (bicyclic) bond motifs is 1. The average Bonchev–Trinajstić information content (AvgIpc) is 2.30. The van der Waals surface area contributed by atoms with Gasteiger partial charge in [-0.25, -0.2) is 4.98 Å². The minimum atomic E-state index is 0.0184. The van der Waals surface area contributed by atoms with Crippen LogP contribution in [0.15, 0.2) is 30.3 Å². The lowest BCUT2D eigenvalue weighted by Crippen LogP contribution is -1.99. The van der Waals surface area contributed by atoms with Gasteiger partial charge in [-0.3, -0.25) is 4.79 Å². The Balaban J connectivity index is 0.000000606. The molecule has 0 aliphatic heterocycles. The van der Waals surface area contributed by atoms with Gasteiger partial charge in [0, 0.05) is 18.0 Å². The van der Waals surface area contributed by atoms with Crippen LogP contribution in [0.4, 0.5) is 0 Å². The number of pyridine rings is 1. The van der Waals surface area contributed by atoms with E-state index in [1.54, 1.807) is 6.92 Å². The number of carbonyl (C=O) groups is 1. The van der Waals surface area contributed by atoms with Crippen LogP contribution in [0.2, 0.25) is 0 Å². The number of ketones is 1. The molecule has 16 heavy (non-hydrogen) atoms. The first-order chi connectivity index (χ1) is 7.68. The molecule has 1 heterocycles. The first kappa shape index (κ1) is 12.4. The zero-order valence-corrected chi connectivity index (χ0v) is 10.2. The molecule has 0 N–H and O–H groups in total. The lowest BCUT2D eigenvalue weighted by Gasteiger charge is -2.03. The van der Waals surface area contributed by atoms with Gasteiger partial charge >= 0.3 is 0 Å². The molecule has 0 aliphatic rings. The number of hydrogen-bond donors (Lipinski definition) is 0. The molecule has 0 aliphatic carbocycles. The summed E-state index contributed by atoms with van der Waals surface area (Å²) in [4.78, 5) is 15.6. The molecule has 0 unspecified atom stereocenters. The maximum Gasteiger partial charge on any atom is 0.178 e. The molecule has 0 radical (unpaired) electrons. The number of nitrogens with zero attached hydrogens (tertiary/aromatic N) is 1. The minimum absolute atomic E-state index is 0.0184. The summed E-state index contributed by atoms with van der Waals surface area (Å²) in [5, 5.41) is 2.01. The lowest BCUT2D eigenvalue weighted by molar-refractivity contribution is 0.101. The highest BCUT2D eigenvalue weighted by atomic mass is 16.1. The van der Waals surface area contributed by atoms with Crippen LogP contribution in [0.3, 0.4) is 0 Å². The van der Waals surface area contributed by atoms with Crippen molar-refractivity contribution in [2.45, 2.75) is 27.7 Å². The Labute approximate surface area is 96.3 Å². The number of aryl methyl sites for hydroxylation is 1. The van der Waals surface area contributed by atoms with Crippen molar-refractivity contribution in [3.8, 4) is 0 Å². The monoisotopic (exact) mass is 215 g/mol. The molecular formula is C14H17NO. The van der Waals surface area contributed by atoms with Crippen molar-refractivity contribution in [1.29, 1.82) is 0 Å². The van der Waals surface area contributed by atoms with E-state index in [0.29, 0.717) is 5.69 Å². The number of hydrogen-bond acceptors (Lipinski definition) is 2. The number of carbonyl (C=O) groups excluding carboxylic acids is 1. The summed E-state index contributed by atoms with van der Waals surface area (Å²) in [6, 6.07) is 9.80. The minimum Gasteiger partial charge on any atom is -0.293 e. The molecule has 2 nitrogen and oxygen atoms in total. The van der Waals surface area contributed by atoms with Crippen LogP contribution in [-0.2, 0) is 0 Å². The molecule has 2 heteroatoms. The fourth-order valence-corrected chi connectivity index (χ4v) is 1.60. The van der Waals surface area contributed by atoms with Crippen LogP contribution in [-0.4, -0.2) is 10.8 Å². The average molecular weight is 215 g/mol. The number of aromatic nitrogens is 1. The number of Topliss-reactive ketones (excluding diaryl/α,β-unsaturated/α-hetero) is 1. The standard InChI is InChI=1S/C12H11NO.C2H6/c1-8-7-10-5-3-4-6-11(10)12(13-8)9(2)14;1-2/h3-7H,1-2H3;1-2H3. The molecule has 0 fully saturated rings. The van der Waals surface area contributed by atoms with E-state index in [4.69, 9.17) is 0 Å². The molecular weight excluding hydrogens is 198 g/mol. The normalized spacial score (nSPS) is 9.50. The van der Waals surface area contributed by atoms with Gasteiger partial charge in [0.15, 0.2) is 5.78 Å². The van der Waals surface area contributed by atoms with E-state index < -0.39 is 0 Å². The molecule has 0 spiro atoms.